The molecule has 1 aromatic carbocycles. The number of hydrogen-bond donors (Lipinski definition) is 0. The molecule has 2 heterocycles. The van der Waals surface area contributed by atoms with Gasteiger partial charge in [-0.05, 0) is 18.6 Å². The summed E-state index contributed by atoms with van der Waals surface area (Å²) < 4.78 is 18.8. The molecule has 0 bridgehead atoms. The molecule has 0 radical (unpaired) electrons. The van der Waals surface area contributed by atoms with Gasteiger partial charge in [0.15, 0.2) is 11.4 Å². The monoisotopic (exact) mass is 265 g/mol. The molecule has 0 spiro atoms. The molecule has 0 saturated carbocycles. The van der Waals surface area contributed by atoms with Gasteiger partial charge in [0, 0.05) is 17.2 Å². The average molecular weight is 265 g/mol. The number of thioether (sulfide) groups is 1. The minimum Gasteiger partial charge on any atom is -0.459 e. The Bertz CT molecular complexity index is 610. The molecular formula is C13H12FNO2S. The predicted molar refractivity (Wildman–Crippen MR) is 70.6 cm³/mol. The van der Waals surface area contributed by atoms with Gasteiger partial charge in [-0.25, -0.2) is 4.39 Å². The zero-order valence-electron chi connectivity index (χ0n) is 9.85. The number of hydrogen-bond acceptors (Lipinski definition) is 3. The fourth-order valence-corrected chi connectivity index (χ4v) is 3.36. The zero-order chi connectivity index (χ0) is 12.7. The first-order valence-electron chi connectivity index (χ1n) is 5.84. The molecule has 1 atom stereocenters. The molecule has 2 aromatic rings. The van der Waals surface area contributed by atoms with Gasteiger partial charge in [0.05, 0.1) is 5.69 Å². The molecule has 1 aliphatic rings. The van der Waals surface area contributed by atoms with Crippen LogP contribution in [0.25, 0.3) is 11.0 Å². The summed E-state index contributed by atoms with van der Waals surface area (Å²) in [5, 5.41) is 0.665. The zero-order valence-corrected chi connectivity index (χ0v) is 10.7. The molecule has 18 heavy (non-hydrogen) atoms. The molecule has 94 valence electrons. The van der Waals surface area contributed by atoms with E-state index in [0.29, 0.717) is 11.1 Å². The number of carbonyl (C=O) groups is 1. The minimum absolute atomic E-state index is 0.00816. The van der Waals surface area contributed by atoms with Crippen LogP contribution in [-0.4, -0.2) is 17.0 Å². The van der Waals surface area contributed by atoms with E-state index < -0.39 is 5.82 Å². The third-order valence-corrected chi connectivity index (χ3v) is 4.22. The van der Waals surface area contributed by atoms with Gasteiger partial charge in [-0.1, -0.05) is 24.8 Å². The standard InChI is InChI=1S/C13H12FNO2S/c1-2-8-7-18-13(16)15(8)11-6-17-12-9(11)4-3-5-10(12)14/h3-6,8H,2,7H2,1H3/t8-/m0/s1. The van der Waals surface area contributed by atoms with Crippen molar-refractivity contribution in [2.24, 2.45) is 0 Å². The number of fused-ring (bicyclic) bond motifs is 1. The Morgan fingerprint density at radius 2 is 2.39 bits per heavy atom. The fraction of sp³-hybridized carbons (Fsp3) is 0.308. The van der Waals surface area contributed by atoms with E-state index in [-0.39, 0.29) is 16.9 Å². The number of halogens is 1. The number of anilines is 1. The lowest BCUT2D eigenvalue weighted by Gasteiger charge is -2.21. The summed E-state index contributed by atoms with van der Waals surface area (Å²) in [5.74, 6) is 0.378. The Labute approximate surface area is 108 Å². The van der Waals surface area contributed by atoms with Crippen LogP contribution in [0.15, 0.2) is 28.9 Å². The van der Waals surface area contributed by atoms with Crippen LogP contribution in [0.4, 0.5) is 14.9 Å². The highest BCUT2D eigenvalue weighted by atomic mass is 32.2. The van der Waals surface area contributed by atoms with Crippen LogP contribution in [0.3, 0.4) is 0 Å². The second kappa shape index (κ2) is 4.31. The summed E-state index contributed by atoms with van der Waals surface area (Å²) in [6, 6.07) is 4.92. The Kier molecular flexibility index (Phi) is 2.78. The molecule has 5 heteroatoms. The molecule has 1 saturated heterocycles. The lowest BCUT2D eigenvalue weighted by molar-refractivity contribution is 0.265. The summed E-state index contributed by atoms with van der Waals surface area (Å²) in [6.45, 7) is 2.04. The quantitative estimate of drug-likeness (QED) is 0.822. The van der Waals surface area contributed by atoms with Gasteiger partial charge in [0.25, 0.3) is 5.24 Å². The molecule has 0 N–H and O–H groups in total. The Morgan fingerprint density at radius 3 is 3.17 bits per heavy atom. The summed E-state index contributed by atoms with van der Waals surface area (Å²) >= 11 is 1.30. The van der Waals surface area contributed by atoms with Gasteiger partial charge in [-0.15, -0.1) is 0 Å². The Morgan fingerprint density at radius 1 is 1.56 bits per heavy atom. The van der Waals surface area contributed by atoms with Crippen LogP contribution >= 0.6 is 11.8 Å². The van der Waals surface area contributed by atoms with Crippen molar-refractivity contribution in [2.75, 3.05) is 10.7 Å². The van der Waals surface area contributed by atoms with Gasteiger partial charge in [-0.3, -0.25) is 9.69 Å². The van der Waals surface area contributed by atoms with Crippen LogP contribution in [0.1, 0.15) is 13.3 Å². The number of furan rings is 1. The van der Waals surface area contributed by atoms with Gasteiger partial charge in [0.2, 0.25) is 0 Å². The number of amides is 1. The highest BCUT2D eigenvalue weighted by Crippen LogP contribution is 2.37. The molecule has 3 rings (SSSR count). The first-order chi connectivity index (χ1) is 8.72. The summed E-state index contributed by atoms with van der Waals surface area (Å²) in [6.07, 6.45) is 2.35. The molecule has 1 aromatic heterocycles. The van der Waals surface area contributed by atoms with Crippen molar-refractivity contribution in [3.8, 4) is 0 Å². The maximum absolute atomic E-state index is 13.6. The maximum atomic E-state index is 13.6. The van der Waals surface area contributed by atoms with Crippen molar-refractivity contribution in [1.82, 2.24) is 0 Å². The van der Waals surface area contributed by atoms with Crippen LogP contribution in [0.5, 0.6) is 0 Å². The SMILES string of the molecule is CC[C@H]1CSC(=O)N1c1coc2c(F)cccc12. The Balaban J connectivity index is 2.14. The number of benzene rings is 1. The van der Waals surface area contributed by atoms with E-state index in [1.54, 1.807) is 17.0 Å². The van der Waals surface area contributed by atoms with Gasteiger partial charge in [-0.2, -0.15) is 0 Å². The van der Waals surface area contributed by atoms with Crippen molar-refractivity contribution in [3.05, 3.63) is 30.3 Å². The van der Waals surface area contributed by atoms with E-state index in [1.807, 2.05) is 6.92 Å². The highest BCUT2D eigenvalue weighted by Gasteiger charge is 2.33. The van der Waals surface area contributed by atoms with Crippen LogP contribution < -0.4 is 4.90 Å². The van der Waals surface area contributed by atoms with Crippen molar-refractivity contribution < 1.29 is 13.6 Å². The van der Waals surface area contributed by atoms with Crippen molar-refractivity contribution in [2.45, 2.75) is 19.4 Å². The number of nitrogens with zero attached hydrogens (tertiary/aromatic N) is 1. The van der Waals surface area contributed by atoms with E-state index in [4.69, 9.17) is 4.42 Å². The molecule has 0 unspecified atom stereocenters. The summed E-state index contributed by atoms with van der Waals surface area (Å²) in [5.41, 5.74) is 0.887. The number of para-hydroxylation sites is 1. The largest absolute Gasteiger partial charge is 0.459 e. The van der Waals surface area contributed by atoms with Crippen LogP contribution in [-0.2, 0) is 0 Å². The highest BCUT2D eigenvalue weighted by molar-refractivity contribution is 8.14. The number of rotatable bonds is 2. The van der Waals surface area contributed by atoms with Crippen molar-refractivity contribution in [3.63, 3.8) is 0 Å². The first kappa shape index (κ1) is 11.6. The first-order valence-corrected chi connectivity index (χ1v) is 6.82. The summed E-state index contributed by atoms with van der Waals surface area (Å²) in [4.78, 5) is 13.6. The molecule has 1 aliphatic heterocycles. The van der Waals surface area contributed by atoms with Crippen LogP contribution in [0.2, 0.25) is 0 Å². The van der Waals surface area contributed by atoms with E-state index in [1.165, 1.54) is 24.1 Å². The molecule has 0 aliphatic carbocycles. The molecule has 1 fully saturated rings. The van der Waals surface area contributed by atoms with E-state index in [9.17, 15) is 9.18 Å². The summed E-state index contributed by atoms with van der Waals surface area (Å²) in [7, 11) is 0. The normalized spacial score (nSPS) is 20.0. The lowest BCUT2D eigenvalue weighted by Crippen LogP contribution is -2.32. The maximum Gasteiger partial charge on any atom is 0.286 e. The Hall–Kier alpha value is -1.49. The van der Waals surface area contributed by atoms with Crippen LogP contribution in [0, 0.1) is 5.82 Å². The average Bonchev–Trinajstić information content (AvgIpc) is 2.93. The van der Waals surface area contributed by atoms with Gasteiger partial charge < -0.3 is 4.42 Å². The smallest absolute Gasteiger partial charge is 0.286 e. The topological polar surface area (TPSA) is 33.5 Å². The fourth-order valence-electron chi connectivity index (χ4n) is 2.25. The molecular weight excluding hydrogens is 253 g/mol. The predicted octanol–water partition coefficient (Wildman–Crippen LogP) is 4.02. The molecule has 3 nitrogen and oxygen atoms in total. The van der Waals surface area contributed by atoms with Crippen molar-refractivity contribution >= 4 is 33.7 Å². The number of carbonyl (C=O) groups excluding carboxylic acids is 1. The minimum atomic E-state index is -0.397. The van der Waals surface area contributed by atoms with Gasteiger partial charge in [0.1, 0.15) is 6.26 Å². The second-order valence-corrected chi connectivity index (χ2v) is 5.22. The van der Waals surface area contributed by atoms with E-state index in [0.717, 1.165) is 12.2 Å². The lowest BCUT2D eigenvalue weighted by atomic mass is 10.2. The van der Waals surface area contributed by atoms with E-state index in [2.05, 4.69) is 0 Å². The van der Waals surface area contributed by atoms with E-state index >= 15 is 0 Å². The second-order valence-electron chi connectivity index (χ2n) is 4.25. The van der Waals surface area contributed by atoms with Gasteiger partial charge >= 0.3 is 0 Å². The third-order valence-electron chi connectivity index (χ3n) is 3.22. The third kappa shape index (κ3) is 1.61. The molecule has 1 amide bonds. The van der Waals surface area contributed by atoms with Crippen molar-refractivity contribution in [1.29, 1.82) is 0 Å².